The lowest BCUT2D eigenvalue weighted by Crippen LogP contribution is -2.57. The minimum atomic E-state index is -0.840. The van der Waals surface area contributed by atoms with Crippen molar-refractivity contribution in [2.75, 3.05) is 51.3 Å². The van der Waals surface area contributed by atoms with Crippen LogP contribution in [0.4, 0.5) is 5.69 Å². The van der Waals surface area contributed by atoms with E-state index >= 15 is 0 Å². The molecule has 2 saturated heterocycles. The second-order valence-corrected chi connectivity index (χ2v) is 7.76. The summed E-state index contributed by atoms with van der Waals surface area (Å²) in [6.07, 6.45) is -0.517. The first-order valence-corrected chi connectivity index (χ1v) is 10.5. The smallest absolute Gasteiger partial charge is 0.287 e. The molecular formula is C22H29N3O6. The summed E-state index contributed by atoms with van der Waals surface area (Å²) in [5, 5.41) is 23.2. The largest absolute Gasteiger partial charge is 0.495 e. The number of rotatable bonds is 7. The number of carbonyl (C=O) groups excluding carboxylic acids is 1. The van der Waals surface area contributed by atoms with Crippen LogP contribution >= 0.6 is 0 Å². The number of nitrogens with zero attached hydrogens (tertiary/aromatic N) is 2. The van der Waals surface area contributed by atoms with Crippen molar-refractivity contribution in [3.63, 3.8) is 0 Å². The molecule has 168 valence electrons. The second-order valence-electron chi connectivity index (χ2n) is 7.76. The van der Waals surface area contributed by atoms with E-state index in [-0.39, 0.29) is 30.9 Å². The summed E-state index contributed by atoms with van der Waals surface area (Å²) in [6, 6.07) is 10.8. The molecule has 0 radical (unpaired) electrons. The van der Waals surface area contributed by atoms with Crippen molar-refractivity contribution in [2.45, 2.75) is 24.4 Å². The number of methoxy groups -OCH3 is 1. The maximum Gasteiger partial charge on any atom is 0.287 e. The molecule has 1 aromatic carbocycles. The number of nitrogens with one attached hydrogen (secondary N) is 1. The highest BCUT2D eigenvalue weighted by atomic mass is 16.5. The Bertz CT molecular complexity index is 853. The number of ether oxygens (including phenoxy) is 2. The number of benzene rings is 1. The van der Waals surface area contributed by atoms with Gasteiger partial charge in [0.2, 0.25) is 0 Å². The van der Waals surface area contributed by atoms with E-state index in [0.717, 1.165) is 24.5 Å². The molecule has 3 heterocycles. The summed E-state index contributed by atoms with van der Waals surface area (Å²) < 4.78 is 16.5. The highest BCUT2D eigenvalue weighted by Crippen LogP contribution is 2.31. The van der Waals surface area contributed by atoms with Crippen molar-refractivity contribution in [1.82, 2.24) is 10.2 Å². The Labute approximate surface area is 181 Å². The Morgan fingerprint density at radius 2 is 1.94 bits per heavy atom. The molecule has 1 amide bonds. The molecular weight excluding hydrogens is 402 g/mol. The van der Waals surface area contributed by atoms with E-state index in [1.54, 1.807) is 19.2 Å². The SMILES string of the molecule is COc1ccccc1N1CCN(C2C(CNC(=O)c3ccco3)OC(CO)C2O)CC1. The summed E-state index contributed by atoms with van der Waals surface area (Å²) in [5.41, 5.74) is 1.04. The van der Waals surface area contributed by atoms with Crippen LogP contribution in [0.2, 0.25) is 0 Å². The minimum Gasteiger partial charge on any atom is -0.495 e. The maximum absolute atomic E-state index is 12.2. The lowest BCUT2D eigenvalue weighted by atomic mass is 10.0. The summed E-state index contributed by atoms with van der Waals surface area (Å²) in [6.45, 7) is 2.89. The average molecular weight is 431 g/mol. The van der Waals surface area contributed by atoms with Crippen LogP contribution in [0.5, 0.6) is 5.75 Å². The summed E-state index contributed by atoms with van der Waals surface area (Å²) >= 11 is 0. The van der Waals surface area contributed by atoms with E-state index in [9.17, 15) is 15.0 Å². The quantitative estimate of drug-likeness (QED) is 0.576. The number of hydrogen-bond donors (Lipinski definition) is 3. The molecule has 0 bridgehead atoms. The van der Waals surface area contributed by atoms with Crippen LogP contribution in [-0.2, 0) is 4.74 Å². The zero-order valence-electron chi connectivity index (χ0n) is 17.5. The molecule has 2 aliphatic heterocycles. The first kappa shape index (κ1) is 21.6. The van der Waals surface area contributed by atoms with Crippen LogP contribution in [0.3, 0.4) is 0 Å². The molecule has 9 heteroatoms. The highest BCUT2D eigenvalue weighted by Gasteiger charge is 2.46. The molecule has 2 aliphatic rings. The lowest BCUT2D eigenvalue weighted by Gasteiger charge is -2.41. The Balaban J connectivity index is 1.40. The summed E-state index contributed by atoms with van der Waals surface area (Å²) in [5.74, 6) is 0.716. The summed E-state index contributed by atoms with van der Waals surface area (Å²) in [4.78, 5) is 16.7. The number of aliphatic hydroxyl groups is 2. The second kappa shape index (κ2) is 9.69. The van der Waals surface area contributed by atoms with Crippen molar-refractivity contribution in [3.8, 4) is 5.75 Å². The number of piperazine rings is 1. The average Bonchev–Trinajstić information content (AvgIpc) is 3.46. The van der Waals surface area contributed by atoms with Gasteiger partial charge in [-0.05, 0) is 24.3 Å². The van der Waals surface area contributed by atoms with E-state index < -0.39 is 18.3 Å². The van der Waals surface area contributed by atoms with Crippen molar-refractivity contribution < 1.29 is 28.9 Å². The molecule has 1 aromatic heterocycles. The molecule has 3 N–H and O–H groups in total. The third-order valence-corrected chi connectivity index (χ3v) is 6.01. The van der Waals surface area contributed by atoms with Gasteiger partial charge in [0, 0.05) is 32.7 Å². The molecule has 4 rings (SSSR count). The molecule has 31 heavy (non-hydrogen) atoms. The van der Waals surface area contributed by atoms with Gasteiger partial charge < -0.3 is 34.3 Å². The standard InChI is InChI=1S/C22H29N3O6/c1-29-16-6-3-2-5-15(16)24-8-10-25(11-9-24)20-18(31-19(14-26)21(20)27)13-23-22(28)17-7-4-12-30-17/h2-7,12,18-21,26-27H,8-11,13-14H2,1H3,(H,23,28). The lowest BCUT2D eigenvalue weighted by molar-refractivity contribution is -0.0209. The first-order valence-electron chi connectivity index (χ1n) is 10.5. The zero-order valence-corrected chi connectivity index (χ0v) is 17.5. The van der Waals surface area contributed by atoms with Crippen LogP contribution in [0, 0.1) is 0 Å². The zero-order chi connectivity index (χ0) is 21.8. The summed E-state index contributed by atoms with van der Waals surface area (Å²) in [7, 11) is 1.66. The Hall–Kier alpha value is -2.59. The molecule has 0 spiro atoms. The van der Waals surface area contributed by atoms with Gasteiger partial charge in [0.05, 0.1) is 37.8 Å². The van der Waals surface area contributed by atoms with Gasteiger partial charge in [0.1, 0.15) is 18.0 Å². The Morgan fingerprint density at radius 3 is 2.61 bits per heavy atom. The van der Waals surface area contributed by atoms with Crippen molar-refractivity contribution in [2.24, 2.45) is 0 Å². The fourth-order valence-corrected chi connectivity index (χ4v) is 4.44. The Kier molecular flexibility index (Phi) is 6.77. The molecule has 4 atom stereocenters. The van der Waals surface area contributed by atoms with Gasteiger partial charge in [-0.15, -0.1) is 0 Å². The van der Waals surface area contributed by atoms with E-state index in [0.29, 0.717) is 13.1 Å². The van der Waals surface area contributed by atoms with E-state index in [1.807, 2.05) is 24.3 Å². The molecule has 2 aromatic rings. The number of furan rings is 1. The van der Waals surface area contributed by atoms with Gasteiger partial charge in [-0.1, -0.05) is 12.1 Å². The van der Waals surface area contributed by atoms with Gasteiger partial charge in [-0.25, -0.2) is 0 Å². The normalized spacial score (nSPS) is 26.7. The Morgan fingerprint density at radius 1 is 1.16 bits per heavy atom. The maximum atomic E-state index is 12.2. The van der Waals surface area contributed by atoms with Crippen molar-refractivity contribution in [1.29, 1.82) is 0 Å². The van der Waals surface area contributed by atoms with Gasteiger partial charge >= 0.3 is 0 Å². The number of para-hydroxylation sites is 2. The van der Waals surface area contributed by atoms with Gasteiger partial charge in [0.25, 0.3) is 5.91 Å². The van der Waals surface area contributed by atoms with Crippen LogP contribution in [0.1, 0.15) is 10.6 Å². The molecule has 2 fully saturated rings. The predicted molar refractivity (Wildman–Crippen MR) is 113 cm³/mol. The highest BCUT2D eigenvalue weighted by molar-refractivity contribution is 5.91. The number of aliphatic hydroxyl groups excluding tert-OH is 2. The number of hydrogen-bond acceptors (Lipinski definition) is 8. The number of anilines is 1. The van der Waals surface area contributed by atoms with Crippen LogP contribution in [0.15, 0.2) is 47.1 Å². The van der Waals surface area contributed by atoms with Gasteiger partial charge in [0.15, 0.2) is 5.76 Å². The third kappa shape index (κ3) is 4.54. The molecule has 4 unspecified atom stereocenters. The number of carbonyl (C=O) groups is 1. The van der Waals surface area contributed by atoms with Crippen molar-refractivity contribution >= 4 is 11.6 Å². The van der Waals surface area contributed by atoms with E-state index in [4.69, 9.17) is 13.9 Å². The van der Waals surface area contributed by atoms with Crippen LogP contribution in [-0.4, -0.2) is 91.8 Å². The first-order chi connectivity index (χ1) is 15.1. The van der Waals surface area contributed by atoms with Gasteiger partial charge in [-0.3, -0.25) is 9.69 Å². The molecule has 9 nitrogen and oxygen atoms in total. The van der Waals surface area contributed by atoms with Crippen LogP contribution < -0.4 is 15.0 Å². The minimum absolute atomic E-state index is 0.213. The monoisotopic (exact) mass is 431 g/mol. The fraction of sp³-hybridized carbons (Fsp3) is 0.500. The topological polar surface area (TPSA) is 108 Å². The van der Waals surface area contributed by atoms with E-state index in [2.05, 4.69) is 15.1 Å². The van der Waals surface area contributed by atoms with Crippen LogP contribution in [0.25, 0.3) is 0 Å². The van der Waals surface area contributed by atoms with Gasteiger partial charge in [-0.2, -0.15) is 0 Å². The molecule has 0 saturated carbocycles. The van der Waals surface area contributed by atoms with Crippen molar-refractivity contribution in [3.05, 3.63) is 48.4 Å². The van der Waals surface area contributed by atoms with E-state index in [1.165, 1.54) is 6.26 Å². The molecule has 0 aliphatic carbocycles. The fourth-order valence-electron chi connectivity index (χ4n) is 4.44. The third-order valence-electron chi connectivity index (χ3n) is 6.01. The number of amides is 1. The predicted octanol–water partition coefficient (Wildman–Crippen LogP) is 0.329.